The third-order valence-electron chi connectivity index (χ3n) is 3.03. The summed E-state index contributed by atoms with van der Waals surface area (Å²) in [5.41, 5.74) is -0.0177. The molecule has 0 aliphatic carbocycles. The lowest BCUT2D eigenvalue weighted by molar-refractivity contribution is 0.0575. The molecule has 2 nitrogen and oxygen atoms in total. The second-order valence-corrected chi connectivity index (χ2v) is 5.14. The van der Waals surface area contributed by atoms with Gasteiger partial charge in [0.2, 0.25) is 0 Å². The SMILES string of the molecule is CC(O)(Cc1cc(F)ccc1Cl)c1ccc(O)cc1. The molecule has 2 aromatic carbocycles. The highest BCUT2D eigenvalue weighted by Crippen LogP contribution is 2.29. The first kappa shape index (κ1) is 13.8. The molecule has 4 heteroatoms. The lowest BCUT2D eigenvalue weighted by Crippen LogP contribution is -2.24. The molecule has 0 bridgehead atoms. The molecule has 2 rings (SSSR count). The van der Waals surface area contributed by atoms with E-state index in [2.05, 4.69) is 0 Å². The molecule has 1 atom stereocenters. The Balaban J connectivity index is 2.30. The van der Waals surface area contributed by atoms with Gasteiger partial charge in [-0.25, -0.2) is 4.39 Å². The van der Waals surface area contributed by atoms with Crippen molar-refractivity contribution in [1.29, 1.82) is 0 Å². The Hall–Kier alpha value is -1.58. The lowest BCUT2D eigenvalue weighted by Gasteiger charge is -2.24. The van der Waals surface area contributed by atoms with Gasteiger partial charge in [0.1, 0.15) is 11.6 Å². The van der Waals surface area contributed by atoms with Gasteiger partial charge < -0.3 is 10.2 Å². The Labute approximate surface area is 116 Å². The van der Waals surface area contributed by atoms with Crippen molar-refractivity contribution in [2.75, 3.05) is 0 Å². The molecule has 19 heavy (non-hydrogen) atoms. The lowest BCUT2D eigenvalue weighted by atomic mass is 9.89. The molecule has 0 saturated carbocycles. The minimum Gasteiger partial charge on any atom is -0.508 e. The first-order valence-electron chi connectivity index (χ1n) is 5.84. The van der Waals surface area contributed by atoms with Crippen molar-refractivity contribution in [2.45, 2.75) is 18.9 Å². The topological polar surface area (TPSA) is 40.5 Å². The highest BCUT2D eigenvalue weighted by molar-refractivity contribution is 6.31. The van der Waals surface area contributed by atoms with Crippen LogP contribution < -0.4 is 0 Å². The summed E-state index contributed by atoms with van der Waals surface area (Å²) in [5, 5.41) is 20.1. The number of aliphatic hydroxyl groups is 1. The van der Waals surface area contributed by atoms with E-state index < -0.39 is 5.60 Å². The van der Waals surface area contributed by atoms with Crippen molar-refractivity contribution < 1.29 is 14.6 Å². The van der Waals surface area contributed by atoms with E-state index in [4.69, 9.17) is 11.6 Å². The van der Waals surface area contributed by atoms with Crippen molar-refractivity contribution in [1.82, 2.24) is 0 Å². The Morgan fingerprint density at radius 3 is 2.42 bits per heavy atom. The zero-order valence-corrected chi connectivity index (χ0v) is 11.2. The molecule has 0 spiro atoms. The van der Waals surface area contributed by atoms with Crippen molar-refractivity contribution in [2.24, 2.45) is 0 Å². The highest BCUT2D eigenvalue weighted by Gasteiger charge is 2.24. The molecule has 0 saturated heterocycles. The Morgan fingerprint density at radius 2 is 1.79 bits per heavy atom. The van der Waals surface area contributed by atoms with Crippen LogP contribution in [0.4, 0.5) is 4.39 Å². The standard InChI is InChI=1S/C15H14ClFO2/c1-15(19,11-2-5-13(18)6-3-11)9-10-8-12(17)4-7-14(10)16/h2-8,18-19H,9H2,1H3. The van der Waals surface area contributed by atoms with Crippen LogP contribution in [0.3, 0.4) is 0 Å². The van der Waals surface area contributed by atoms with Crippen LogP contribution in [0.15, 0.2) is 42.5 Å². The van der Waals surface area contributed by atoms with E-state index in [1.54, 1.807) is 19.1 Å². The Kier molecular flexibility index (Phi) is 3.78. The summed E-state index contributed by atoms with van der Waals surface area (Å²) in [7, 11) is 0. The van der Waals surface area contributed by atoms with Gasteiger partial charge in [0.15, 0.2) is 0 Å². The van der Waals surface area contributed by atoms with Crippen LogP contribution in [-0.4, -0.2) is 10.2 Å². The average molecular weight is 281 g/mol. The molecule has 2 aromatic rings. The van der Waals surface area contributed by atoms with E-state index in [9.17, 15) is 14.6 Å². The van der Waals surface area contributed by atoms with Crippen LogP contribution in [-0.2, 0) is 12.0 Å². The maximum absolute atomic E-state index is 13.2. The largest absolute Gasteiger partial charge is 0.508 e. The van der Waals surface area contributed by atoms with Crippen LogP contribution in [0.25, 0.3) is 0 Å². The zero-order chi connectivity index (χ0) is 14.0. The summed E-state index contributed by atoms with van der Waals surface area (Å²) in [6.45, 7) is 1.63. The van der Waals surface area contributed by atoms with Gasteiger partial charge in [0, 0.05) is 11.4 Å². The molecule has 0 aromatic heterocycles. The van der Waals surface area contributed by atoms with Gasteiger partial charge in [-0.05, 0) is 48.4 Å². The molecule has 1 unspecified atom stereocenters. The van der Waals surface area contributed by atoms with Crippen LogP contribution in [0.1, 0.15) is 18.1 Å². The normalized spacial score (nSPS) is 14.1. The number of hydrogen-bond donors (Lipinski definition) is 2. The molecule has 0 amide bonds. The van der Waals surface area contributed by atoms with E-state index in [-0.39, 0.29) is 18.0 Å². The molecule has 0 fully saturated rings. The van der Waals surface area contributed by atoms with Gasteiger partial charge in [-0.15, -0.1) is 0 Å². The predicted octanol–water partition coefficient (Wildman–Crippen LogP) is 3.63. The van der Waals surface area contributed by atoms with E-state index in [1.807, 2.05) is 0 Å². The number of phenolic OH excluding ortho intramolecular Hbond substituents is 1. The van der Waals surface area contributed by atoms with Crippen molar-refractivity contribution in [3.8, 4) is 5.75 Å². The molecule has 0 heterocycles. The molecule has 0 aliphatic heterocycles. The van der Waals surface area contributed by atoms with Crippen LogP contribution >= 0.6 is 11.6 Å². The third kappa shape index (κ3) is 3.25. The van der Waals surface area contributed by atoms with E-state index in [0.717, 1.165) is 0 Å². The smallest absolute Gasteiger partial charge is 0.123 e. The average Bonchev–Trinajstić information content (AvgIpc) is 2.34. The second kappa shape index (κ2) is 5.19. The number of aromatic hydroxyl groups is 1. The summed E-state index contributed by atoms with van der Waals surface area (Å²) in [5.74, 6) is -0.260. The van der Waals surface area contributed by atoms with Gasteiger partial charge in [-0.2, -0.15) is 0 Å². The summed E-state index contributed by atoms with van der Waals surface area (Å²) in [6.07, 6.45) is 0.189. The van der Waals surface area contributed by atoms with Crippen molar-refractivity contribution >= 4 is 11.6 Å². The number of hydrogen-bond acceptors (Lipinski definition) is 2. The summed E-state index contributed by atoms with van der Waals surface area (Å²) in [6, 6.07) is 10.3. The quantitative estimate of drug-likeness (QED) is 0.901. The summed E-state index contributed by atoms with van der Waals surface area (Å²) < 4.78 is 13.2. The van der Waals surface area contributed by atoms with E-state index in [0.29, 0.717) is 16.1 Å². The minimum absolute atomic E-state index is 0.128. The first-order chi connectivity index (χ1) is 8.88. The van der Waals surface area contributed by atoms with Crippen LogP contribution in [0.5, 0.6) is 5.75 Å². The van der Waals surface area contributed by atoms with Crippen molar-refractivity contribution in [3.63, 3.8) is 0 Å². The van der Waals surface area contributed by atoms with Gasteiger partial charge >= 0.3 is 0 Å². The Morgan fingerprint density at radius 1 is 1.16 bits per heavy atom. The number of halogens is 2. The Bertz CT molecular complexity index is 579. The van der Waals surface area contributed by atoms with Gasteiger partial charge in [0.05, 0.1) is 5.60 Å². The van der Waals surface area contributed by atoms with Crippen LogP contribution in [0.2, 0.25) is 5.02 Å². The predicted molar refractivity (Wildman–Crippen MR) is 72.8 cm³/mol. The zero-order valence-electron chi connectivity index (χ0n) is 10.4. The monoisotopic (exact) mass is 280 g/mol. The number of phenols is 1. The number of rotatable bonds is 3. The van der Waals surface area contributed by atoms with Gasteiger partial charge in [-0.3, -0.25) is 0 Å². The first-order valence-corrected chi connectivity index (χ1v) is 6.22. The third-order valence-corrected chi connectivity index (χ3v) is 3.40. The van der Waals surface area contributed by atoms with E-state index >= 15 is 0 Å². The molecular weight excluding hydrogens is 267 g/mol. The molecule has 2 N–H and O–H groups in total. The van der Waals surface area contributed by atoms with E-state index in [1.165, 1.54) is 30.3 Å². The van der Waals surface area contributed by atoms with Crippen LogP contribution in [0, 0.1) is 5.82 Å². The fourth-order valence-electron chi connectivity index (χ4n) is 1.97. The minimum atomic E-state index is -1.19. The second-order valence-electron chi connectivity index (χ2n) is 4.73. The highest BCUT2D eigenvalue weighted by atomic mass is 35.5. The van der Waals surface area contributed by atoms with Crippen molar-refractivity contribution in [3.05, 3.63) is 64.4 Å². The number of benzene rings is 2. The molecule has 100 valence electrons. The summed E-state index contributed by atoms with van der Waals surface area (Å²) in [4.78, 5) is 0. The maximum Gasteiger partial charge on any atom is 0.123 e. The maximum atomic E-state index is 13.2. The fraction of sp³-hybridized carbons (Fsp3) is 0.200. The fourth-order valence-corrected chi connectivity index (χ4v) is 2.16. The molecule has 0 aliphatic rings. The molecular formula is C15H14ClFO2. The van der Waals surface area contributed by atoms with Gasteiger partial charge in [-0.1, -0.05) is 23.7 Å². The summed E-state index contributed by atoms with van der Waals surface area (Å²) >= 11 is 6.00. The van der Waals surface area contributed by atoms with Gasteiger partial charge in [0.25, 0.3) is 0 Å². The molecule has 0 radical (unpaired) electrons.